The molecular weight excluding hydrogens is 364 g/mol. The van der Waals surface area contributed by atoms with Gasteiger partial charge in [-0.05, 0) is 25.1 Å². The Morgan fingerprint density at radius 3 is 2.25 bits per heavy atom. The van der Waals surface area contributed by atoms with Crippen LogP contribution >= 0.6 is 0 Å². The van der Waals surface area contributed by atoms with Crippen molar-refractivity contribution in [3.8, 4) is 11.5 Å². The fourth-order valence-corrected chi connectivity index (χ4v) is 2.86. The van der Waals surface area contributed by atoms with Gasteiger partial charge in [-0.2, -0.15) is 5.10 Å². The summed E-state index contributed by atoms with van der Waals surface area (Å²) in [5, 5.41) is 6.00. The third-order valence-corrected chi connectivity index (χ3v) is 4.32. The van der Waals surface area contributed by atoms with E-state index in [0.29, 0.717) is 44.3 Å². The Morgan fingerprint density at radius 1 is 1.00 bits per heavy atom. The number of para-hydroxylation sites is 2. The van der Waals surface area contributed by atoms with Crippen molar-refractivity contribution in [2.45, 2.75) is 6.92 Å². The predicted octanol–water partition coefficient (Wildman–Crippen LogP) is 0.532. The third kappa shape index (κ3) is 4.67. The Bertz CT molecular complexity index is 869. The summed E-state index contributed by atoms with van der Waals surface area (Å²) in [5.74, 6) is 0.697. The van der Waals surface area contributed by atoms with Gasteiger partial charge in [-0.1, -0.05) is 12.1 Å². The minimum absolute atomic E-state index is 0.0977. The number of carbonyl (C=O) groups excluding carboxylic acids is 2. The lowest BCUT2D eigenvalue weighted by molar-refractivity contribution is -0.134. The Labute approximate surface area is 161 Å². The van der Waals surface area contributed by atoms with Gasteiger partial charge in [-0.25, -0.2) is 5.10 Å². The number of nitrogens with one attached hydrogen (secondary N) is 1. The molecule has 1 aromatic carbocycles. The van der Waals surface area contributed by atoms with Crippen LogP contribution < -0.4 is 15.0 Å². The first-order valence-electron chi connectivity index (χ1n) is 9.06. The maximum absolute atomic E-state index is 12.4. The summed E-state index contributed by atoms with van der Waals surface area (Å²) in [4.78, 5) is 39.1. The molecule has 0 atom stereocenters. The van der Waals surface area contributed by atoms with Crippen molar-refractivity contribution in [1.29, 1.82) is 0 Å². The van der Waals surface area contributed by atoms with Crippen LogP contribution in [0.5, 0.6) is 11.5 Å². The van der Waals surface area contributed by atoms with E-state index in [1.807, 2.05) is 19.1 Å². The molecule has 1 aromatic heterocycles. The van der Waals surface area contributed by atoms with Gasteiger partial charge in [0.1, 0.15) is 5.69 Å². The Morgan fingerprint density at radius 2 is 1.64 bits per heavy atom. The topological polar surface area (TPSA) is 105 Å². The number of aromatic nitrogens is 2. The summed E-state index contributed by atoms with van der Waals surface area (Å²) in [6.07, 6.45) is 0. The molecule has 0 bridgehead atoms. The SMILES string of the molecule is CCOc1ccccc1OCC(=O)N1CCN(C(=O)c2ccc(=O)[nH]n2)CC1. The second-order valence-corrected chi connectivity index (χ2v) is 6.15. The number of piperazine rings is 1. The van der Waals surface area contributed by atoms with E-state index in [2.05, 4.69) is 10.2 Å². The molecule has 9 nitrogen and oxygen atoms in total. The zero-order valence-electron chi connectivity index (χ0n) is 15.6. The summed E-state index contributed by atoms with van der Waals surface area (Å²) in [6.45, 7) is 3.88. The number of amides is 2. The molecule has 0 unspecified atom stereocenters. The van der Waals surface area contributed by atoms with Gasteiger partial charge in [-0.3, -0.25) is 14.4 Å². The molecule has 1 aliphatic heterocycles. The molecule has 0 saturated carbocycles. The molecule has 0 spiro atoms. The molecule has 2 aromatic rings. The Balaban J connectivity index is 1.50. The van der Waals surface area contributed by atoms with E-state index in [0.717, 1.165) is 0 Å². The van der Waals surface area contributed by atoms with Crippen molar-refractivity contribution in [2.24, 2.45) is 0 Å². The number of nitrogens with zero attached hydrogens (tertiary/aromatic N) is 3. The zero-order valence-corrected chi connectivity index (χ0v) is 15.6. The maximum Gasteiger partial charge on any atom is 0.274 e. The summed E-state index contributed by atoms with van der Waals surface area (Å²) in [6, 6.07) is 9.86. The summed E-state index contributed by atoms with van der Waals surface area (Å²) < 4.78 is 11.1. The highest BCUT2D eigenvalue weighted by Crippen LogP contribution is 2.26. The van der Waals surface area contributed by atoms with Gasteiger partial charge in [0.2, 0.25) is 0 Å². The van der Waals surface area contributed by atoms with Crippen LogP contribution in [0.25, 0.3) is 0 Å². The molecular formula is C19H22N4O5. The highest BCUT2D eigenvalue weighted by molar-refractivity contribution is 5.92. The van der Waals surface area contributed by atoms with Gasteiger partial charge in [-0.15, -0.1) is 0 Å². The van der Waals surface area contributed by atoms with Gasteiger partial charge >= 0.3 is 0 Å². The molecule has 2 amide bonds. The van der Waals surface area contributed by atoms with Crippen LogP contribution in [0.2, 0.25) is 0 Å². The largest absolute Gasteiger partial charge is 0.490 e. The van der Waals surface area contributed by atoms with Crippen LogP contribution in [-0.4, -0.2) is 71.2 Å². The van der Waals surface area contributed by atoms with E-state index in [1.165, 1.54) is 12.1 Å². The molecule has 0 aliphatic carbocycles. The first-order valence-corrected chi connectivity index (χ1v) is 9.06. The Hall–Kier alpha value is -3.36. The first-order chi connectivity index (χ1) is 13.6. The van der Waals surface area contributed by atoms with E-state index in [-0.39, 0.29) is 29.7 Å². The van der Waals surface area contributed by atoms with Crippen LogP contribution in [0.1, 0.15) is 17.4 Å². The lowest BCUT2D eigenvalue weighted by Gasteiger charge is -2.34. The van der Waals surface area contributed by atoms with Crippen molar-refractivity contribution >= 4 is 11.8 Å². The first kappa shape index (κ1) is 19.4. The molecule has 1 saturated heterocycles. The number of rotatable bonds is 6. The molecule has 28 heavy (non-hydrogen) atoms. The molecule has 3 rings (SSSR count). The van der Waals surface area contributed by atoms with E-state index in [1.54, 1.807) is 21.9 Å². The van der Waals surface area contributed by atoms with E-state index >= 15 is 0 Å². The Kier molecular flexibility index (Phi) is 6.25. The van der Waals surface area contributed by atoms with Crippen molar-refractivity contribution in [3.63, 3.8) is 0 Å². The lowest BCUT2D eigenvalue weighted by Crippen LogP contribution is -2.51. The fourth-order valence-electron chi connectivity index (χ4n) is 2.86. The molecule has 1 fully saturated rings. The molecule has 0 radical (unpaired) electrons. The number of hydrogen-bond donors (Lipinski definition) is 1. The molecule has 2 heterocycles. The van der Waals surface area contributed by atoms with E-state index in [4.69, 9.17) is 9.47 Å². The minimum atomic E-state index is -0.363. The van der Waals surface area contributed by atoms with Gasteiger partial charge in [0.05, 0.1) is 6.61 Å². The number of benzene rings is 1. The van der Waals surface area contributed by atoms with Crippen molar-refractivity contribution in [1.82, 2.24) is 20.0 Å². The molecule has 1 aliphatic rings. The van der Waals surface area contributed by atoms with Crippen molar-refractivity contribution in [3.05, 3.63) is 52.4 Å². The molecule has 148 valence electrons. The van der Waals surface area contributed by atoms with Crippen molar-refractivity contribution < 1.29 is 19.1 Å². The average Bonchev–Trinajstić information content (AvgIpc) is 2.73. The standard InChI is InChI=1S/C19H22N4O5/c1-2-27-15-5-3-4-6-16(15)28-13-18(25)22-9-11-23(12-10-22)19(26)14-7-8-17(24)21-20-14/h3-8H,2,9-13H2,1H3,(H,21,24). The second kappa shape index (κ2) is 9.03. The monoisotopic (exact) mass is 386 g/mol. The van der Waals surface area contributed by atoms with Gasteiger partial charge in [0, 0.05) is 32.2 Å². The van der Waals surface area contributed by atoms with Gasteiger partial charge < -0.3 is 19.3 Å². The van der Waals surface area contributed by atoms with Crippen molar-refractivity contribution in [2.75, 3.05) is 39.4 Å². The number of ether oxygens (including phenoxy) is 2. The number of carbonyl (C=O) groups is 2. The minimum Gasteiger partial charge on any atom is -0.490 e. The highest BCUT2D eigenvalue weighted by atomic mass is 16.5. The van der Waals surface area contributed by atoms with Crippen LogP contribution in [0.3, 0.4) is 0 Å². The van der Waals surface area contributed by atoms with Crippen LogP contribution in [0.4, 0.5) is 0 Å². The number of H-pyrrole nitrogens is 1. The second-order valence-electron chi connectivity index (χ2n) is 6.15. The number of hydrogen-bond acceptors (Lipinski definition) is 6. The summed E-state index contributed by atoms with van der Waals surface area (Å²) in [5.41, 5.74) is -0.187. The highest BCUT2D eigenvalue weighted by Gasteiger charge is 2.26. The van der Waals surface area contributed by atoms with Crippen LogP contribution in [0, 0.1) is 0 Å². The smallest absolute Gasteiger partial charge is 0.274 e. The van der Waals surface area contributed by atoms with Gasteiger partial charge in [0.25, 0.3) is 17.4 Å². The van der Waals surface area contributed by atoms with E-state index in [9.17, 15) is 14.4 Å². The zero-order chi connectivity index (χ0) is 19.9. The van der Waals surface area contributed by atoms with Gasteiger partial charge in [0.15, 0.2) is 18.1 Å². The normalized spacial score (nSPS) is 13.9. The summed E-state index contributed by atoms with van der Waals surface area (Å²) in [7, 11) is 0. The molecule has 1 N–H and O–H groups in total. The molecule has 9 heteroatoms. The number of aromatic amines is 1. The van der Waals surface area contributed by atoms with Crippen LogP contribution in [0.15, 0.2) is 41.2 Å². The predicted molar refractivity (Wildman–Crippen MR) is 100 cm³/mol. The maximum atomic E-state index is 12.4. The summed E-state index contributed by atoms with van der Waals surface area (Å²) >= 11 is 0. The quantitative estimate of drug-likeness (QED) is 0.777. The van der Waals surface area contributed by atoms with Crippen LogP contribution in [-0.2, 0) is 4.79 Å². The lowest BCUT2D eigenvalue weighted by atomic mass is 10.2. The van der Waals surface area contributed by atoms with E-state index < -0.39 is 0 Å². The fraction of sp³-hybridized carbons (Fsp3) is 0.368. The average molecular weight is 386 g/mol. The third-order valence-electron chi connectivity index (χ3n) is 4.32.